The first kappa shape index (κ1) is 26.0. The standard InChI is InChI=1S/C31H38FN5O2/c1-19(2)35(3)30(38)25-15-22(32)8-11-27(25)37-18-26(24-12-13-33-16-28(24)37)21-5-4-14-36(17-21)31(39)29-20-6-9-23(34-29)10-7-20/h8,11-13,15-16,18-21,23,29,34H,4-7,9-10,14,17H2,1-3H3/t20?,21?,23?,29-/m0/s1. The van der Waals surface area contributed by atoms with Crippen LogP contribution >= 0.6 is 0 Å². The third-order valence-corrected chi connectivity index (χ3v) is 9.28. The van der Waals surface area contributed by atoms with E-state index < -0.39 is 5.82 Å². The summed E-state index contributed by atoms with van der Waals surface area (Å²) in [5, 5.41) is 4.68. The molecule has 1 aromatic carbocycles. The number of carbonyl (C=O) groups excluding carboxylic acids is 2. The number of aromatic nitrogens is 2. The summed E-state index contributed by atoms with van der Waals surface area (Å²) in [6.45, 7) is 5.35. The van der Waals surface area contributed by atoms with Gasteiger partial charge in [0.1, 0.15) is 5.82 Å². The molecular formula is C31H38FN5O2. The Hall–Kier alpha value is -3.26. The van der Waals surface area contributed by atoms with Crippen molar-refractivity contribution < 1.29 is 14.0 Å². The molecule has 1 aliphatic carbocycles. The second-order valence-corrected chi connectivity index (χ2v) is 11.9. The minimum Gasteiger partial charge on any atom is -0.341 e. The number of nitrogens with one attached hydrogen (secondary N) is 1. The molecule has 3 aliphatic heterocycles. The number of benzene rings is 1. The highest BCUT2D eigenvalue weighted by molar-refractivity contribution is 5.99. The number of nitrogens with zero attached hydrogens (tertiary/aromatic N) is 4. The van der Waals surface area contributed by atoms with Crippen molar-refractivity contribution in [1.82, 2.24) is 24.7 Å². The quantitative estimate of drug-likeness (QED) is 0.510. The summed E-state index contributed by atoms with van der Waals surface area (Å²) in [7, 11) is 1.74. The largest absolute Gasteiger partial charge is 0.341 e. The molecule has 8 heteroatoms. The van der Waals surface area contributed by atoms with Gasteiger partial charge in [0.2, 0.25) is 5.91 Å². The number of pyridine rings is 1. The average Bonchev–Trinajstić information content (AvgIpc) is 3.36. The van der Waals surface area contributed by atoms with Gasteiger partial charge in [0.25, 0.3) is 5.91 Å². The van der Waals surface area contributed by atoms with Crippen LogP contribution in [0.25, 0.3) is 16.6 Å². The smallest absolute Gasteiger partial charge is 0.256 e. The number of hydrogen-bond acceptors (Lipinski definition) is 4. The van der Waals surface area contributed by atoms with Crippen molar-refractivity contribution in [3.63, 3.8) is 0 Å². The lowest BCUT2D eigenvalue weighted by Crippen LogP contribution is -2.60. The maximum Gasteiger partial charge on any atom is 0.256 e. The van der Waals surface area contributed by atoms with E-state index in [1.54, 1.807) is 30.4 Å². The Morgan fingerprint density at radius 1 is 1.13 bits per heavy atom. The molecule has 7 rings (SSSR count). The minimum atomic E-state index is -0.444. The minimum absolute atomic E-state index is 0.0214. The van der Waals surface area contributed by atoms with Crippen molar-refractivity contribution in [1.29, 1.82) is 0 Å². The highest BCUT2D eigenvalue weighted by atomic mass is 19.1. The first-order chi connectivity index (χ1) is 18.8. The number of rotatable bonds is 5. The van der Waals surface area contributed by atoms with Crippen LogP contribution in [0.4, 0.5) is 4.39 Å². The van der Waals surface area contributed by atoms with Crippen molar-refractivity contribution in [2.45, 2.75) is 76.4 Å². The number of fused-ring (bicyclic) bond motifs is 4. The van der Waals surface area contributed by atoms with Gasteiger partial charge in [-0.3, -0.25) is 14.6 Å². The second kappa shape index (κ2) is 10.4. The number of carbonyl (C=O) groups is 2. The number of amides is 2. The van der Waals surface area contributed by atoms with Crippen LogP contribution in [0, 0.1) is 11.7 Å². The molecule has 3 aromatic rings. The van der Waals surface area contributed by atoms with E-state index in [9.17, 15) is 14.0 Å². The molecule has 5 heterocycles. The van der Waals surface area contributed by atoms with Gasteiger partial charge in [-0.15, -0.1) is 0 Å². The molecule has 2 aromatic heterocycles. The molecule has 206 valence electrons. The maximum absolute atomic E-state index is 14.4. The number of hydrogen-bond donors (Lipinski definition) is 1. The predicted octanol–water partition coefficient (Wildman–Crippen LogP) is 4.88. The fraction of sp³-hybridized carbons (Fsp3) is 0.516. The van der Waals surface area contributed by atoms with Crippen molar-refractivity contribution in [3.8, 4) is 5.69 Å². The van der Waals surface area contributed by atoms with E-state index in [0.29, 0.717) is 29.8 Å². The average molecular weight is 532 g/mol. The van der Waals surface area contributed by atoms with Crippen LogP contribution in [-0.2, 0) is 4.79 Å². The molecule has 0 radical (unpaired) electrons. The van der Waals surface area contributed by atoms with Crippen LogP contribution in [0.1, 0.15) is 74.2 Å². The van der Waals surface area contributed by atoms with Gasteiger partial charge < -0.3 is 19.7 Å². The first-order valence-electron chi connectivity index (χ1n) is 14.4. The Morgan fingerprint density at radius 3 is 2.64 bits per heavy atom. The fourth-order valence-electron chi connectivity index (χ4n) is 6.85. The molecule has 1 N–H and O–H groups in total. The van der Waals surface area contributed by atoms with E-state index in [-0.39, 0.29) is 29.8 Å². The normalized spacial score (nSPS) is 24.9. The Balaban J connectivity index is 1.34. The highest BCUT2D eigenvalue weighted by Crippen LogP contribution is 2.38. The molecule has 2 amide bonds. The fourth-order valence-corrected chi connectivity index (χ4v) is 6.85. The van der Waals surface area contributed by atoms with Gasteiger partial charge in [0.15, 0.2) is 0 Å². The molecule has 1 saturated carbocycles. The molecular weight excluding hydrogens is 493 g/mol. The maximum atomic E-state index is 14.4. The highest BCUT2D eigenvalue weighted by Gasteiger charge is 2.41. The molecule has 7 nitrogen and oxygen atoms in total. The van der Waals surface area contributed by atoms with E-state index in [0.717, 1.165) is 48.7 Å². The van der Waals surface area contributed by atoms with Gasteiger partial charge in [-0.2, -0.15) is 0 Å². The summed E-state index contributed by atoms with van der Waals surface area (Å²) in [6, 6.07) is 6.82. The van der Waals surface area contributed by atoms with E-state index >= 15 is 0 Å². The van der Waals surface area contributed by atoms with Crippen molar-refractivity contribution >= 4 is 22.7 Å². The predicted molar refractivity (Wildman–Crippen MR) is 149 cm³/mol. The van der Waals surface area contributed by atoms with Gasteiger partial charge in [-0.1, -0.05) is 0 Å². The summed E-state index contributed by atoms with van der Waals surface area (Å²) in [6.07, 6.45) is 12.3. The number of piperidine rings is 3. The Morgan fingerprint density at radius 2 is 1.92 bits per heavy atom. The summed E-state index contributed by atoms with van der Waals surface area (Å²) in [5.74, 6) is 0.209. The Kier molecular flexibility index (Phi) is 6.91. The van der Waals surface area contributed by atoms with E-state index in [1.165, 1.54) is 25.0 Å². The van der Waals surface area contributed by atoms with Crippen LogP contribution in [0.5, 0.6) is 0 Å². The van der Waals surface area contributed by atoms with Gasteiger partial charge in [0.05, 0.1) is 29.0 Å². The van der Waals surface area contributed by atoms with E-state index in [4.69, 9.17) is 0 Å². The zero-order chi connectivity index (χ0) is 27.3. The summed E-state index contributed by atoms with van der Waals surface area (Å²) in [4.78, 5) is 35.1. The van der Waals surface area contributed by atoms with E-state index in [2.05, 4.69) is 21.4 Å². The molecule has 4 fully saturated rings. The lowest BCUT2D eigenvalue weighted by molar-refractivity contribution is -0.138. The number of likely N-dealkylation sites (tertiary alicyclic amines) is 1. The Labute approximate surface area is 229 Å². The van der Waals surface area contributed by atoms with E-state index in [1.807, 2.05) is 24.5 Å². The summed E-state index contributed by atoms with van der Waals surface area (Å²) >= 11 is 0. The lowest BCUT2D eigenvalue weighted by atomic mass is 9.75. The third kappa shape index (κ3) is 4.73. The van der Waals surface area contributed by atoms with Crippen molar-refractivity contribution in [2.24, 2.45) is 5.92 Å². The van der Waals surface area contributed by atoms with Crippen LogP contribution < -0.4 is 5.32 Å². The molecule has 3 saturated heterocycles. The molecule has 39 heavy (non-hydrogen) atoms. The molecule has 2 atom stereocenters. The Bertz CT molecular complexity index is 1390. The second-order valence-electron chi connectivity index (χ2n) is 11.9. The van der Waals surface area contributed by atoms with Crippen molar-refractivity contribution in [3.05, 3.63) is 59.8 Å². The molecule has 2 bridgehead atoms. The zero-order valence-corrected chi connectivity index (χ0v) is 23.1. The summed E-state index contributed by atoms with van der Waals surface area (Å²) < 4.78 is 16.4. The molecule has 1 unspecified atom stereocenters. The monoisotopic (exact) mass is 531 g/mol. The molecule has 4 aliphatic rings. The topological polar surface area (TPSA) is 70.5 Å². The van der Waals surface area contributed by atoms with Gasteiger partial charge in [0, 0.05) is 55.9 Å². The zero-order valence-electron chi connectivity index (χ0n) is 23.1. The van der Waals surface area contributed by atoms with Crippen LogP contribution in [0.2, 0.25) is 0 Å². The SMILES string of the molecule is CC(C)N(C)C(=O)c1cc(F)ccc1-n1cc(C2CCCN(C(=O)[C@H]3NC4CCC3CC4)C2)c2ccncc21. The van der Waals surface area contributed by atoms with Gasteiger partial charge in [-0.25, -0.2) is 4.39 Å². The van der Waals surface area contributed by atoms with Crippen LogP contribution in [0.3, 0.4) is 0 Å². The first-order valence-corrected chi connectivity index (χ1v) is 14.4. The van der Waals surface area contributed by atoms with Crippen LogP contribution in [0.15, 0.2) is 42.9 Å². The van der Waals surface area contributed by atoms with Crippen molar-refractivity contribution in [2.75, 3.05) is 20.1 Å². The third-order valence-electron chi connectivity index (χ3n) is 9.28. The van der Waals surface area contributed by atoms with Crippen LogP contribution in [-0.4, -0.2) is 69.4 Å². The van der Waals surface area contributed by atoms with Gasteiger partial charge in [-0.05, 0) is 88.1 Å². The lowest BCUT2D eigenvalue weighted by Gasteiger charge is -2.45. The molecule has 0 spiro atoms. The van der Waals surface area contributed by atoms with Gasteiger partial charge >= 0.3 is 0 Å². The summed E-state index contributed by atoms with van der Waals surface area (Å²) in [5.41, 5.74) is 2.96. The number of halogens is 1.